The SMILES string of the molecule is Cc1cc(C(=O)NCCCI)ccc1O. The molecule has 1 rings (SSSR count). The molecule has 0 fully saturated rings. The van der Waals surface area contributed by atoms with Crippen molar-refractivity contribution in [1.29, 1.82) is 0 Å². The average Bonchev–Trinajstić information content (AvgIpc) is 2.22. The van der Waals surface area contributed by atoms with Crippen LogP contribution in [0.1, 0.15) is 22.3 Å². The van der Waals surface area contributed by atoms with Crippen molar-refractivity contribution in [1.82, 2.24) is 5.32 Å². The van der Waals surface area contributed by atoms with Crippen LogP contribution in [0.5, 0.6) is 5.75 Å². The van der Waals surface area contributed by atoms with Crippen molar-refractivity contribution in [2.24, 2.45) is 0 Å². The molecule has 0 aromatic heterocycles. The van der Waals surface area contributed by atoms with Crippen LogP contribution in [-0.4, -0.2) is 22.0 Å². The highest BCUT2D eigenvalue weighted by molar-refractivity contribution is 14.1. The Balaban J connectivity index is 2.62. The van der Waals surface area contributed by atoms with Gasteiger partial charge in [0.15, 0.2) is 0 Å². The van der Waals surface area contributed by atoms with Crippen molar-refractivity contribution in [3.05, 3.63) is 29.3 Å². The maximum Gasteiger partial charge on any atom is 0.251 e. The second kappa shape index (κ2) is 5.95. The Morgan fingerprint density at radius 1 is 1.53 bits per heavy atom. The van der Waals surface area contributed by atoms with Crippen LogP contribution in [0.15, 0.2) is 18.2 Å². The van der Waals surface area contributed by atoms with E-state index in [1.54, 1.807) is 25.1 Å². The monoisotopic (exact) mass is 319 g/mol. The fraction of sp³-hybridized carbons (Fsp3) is 0.364. The summed E-state index contributed by atoms with van der Waals surface area (Å²) in [6.07, 6.45) is 0.976. The minimum Gasteiger partial charge on any atom is -0.508 e. The summed E-state index contributed by atoms with van der Waals surface area (Å²) < 4.78 is 1.03. The highest BCUT2D eigenvalue weighted by Crippen LogP contribution is 2.16. The van der Waals surface area contributed by atoms with Crippen LogP contribution in [0.25, 0.3) is 0 Å². The van der Waals surface area contributed by atoms with Crippen LogP contribution >= 0.6 is 22.6 Å². The van der Waals surface area contributed by atoms with E-state index in [1.807, 2.05) is 0 Å². The van der Waals surface area contributed by atoms with Gasteiger partial charge in [-0.1, -0.05) is 22.6 Å². The molecule has 0 heterocycles. The molecule has 0 spiro atoms. The number of carbonyl (C=O) groups excluding carboxylic acids is 1. The molecule has 4 heteroatoms. The molecule has 0 aliphatic carbocycles. The fourth-order valence-corrected chi connectivity index (χ4v) is 1.55. The van der Waals surface area contributed by atoms with Crippen molar-refractivity contribution in [2.75, 3.05) is 11.0 Å². The van der Waals surface area contributed by atoms with Gasteiger partial charge in [0.1, 0.15) is 5.75 Å². The maximum absolute atomic E-state index is 11.6. The van der Waals surface area contributed by atoms with E-state index in [4.69, 9.17) is 0 Å². The molecule has 1 amide bonds. The van der Waals surface area contributed by atoms with E-state index in [2.05, 4.69) is 27.9 Å². The molecule has 0 saturated carbocycles. The van der Waals surface area contributed by atoms with E-state index in [0.29, 0.717) is 12.1 Å². The van der Waals surface area contributed by atoms with E-state index in [0.717, 1.165) is 16.4 Å². The summed E-state index contributed by atoms with van der Waals surface area (Å²) in [6, 6.07) is 4.86. The zero-order valence-corrected chi connectivity index (χ0v) is 10.7. The highest BCUT2D eigenvalue weighted by atomic mass is 127. The molecule has 0 bridgehead atoms. The number of halogens is 1. The molecule has 3 nitrogen and oxygen atoms in total. The second-order valence-corrected chi connectivity index (χ2v) is 4.38. The van der Waals surface area contributed by atoms with Crippen LogP contribution in [-0.2, 0) is 0 Å². The molecule has 0 aliphatic rings. The lowest BCUT2D eigenvalue weighted by Crippen LogP contribution is -2.24. The van der Waals surface area contributed by atoms with Gasteiger partial charge in [-0.15, -0.1) is 0 Å². The topological polar surface area (TPSA) is 49.3 Å². The van der Waals surface area contributed by atoms with Gasteiger partial charge >= 0.3 is 0 Å². The number of benzene rings is 1. The predicted octanol–water partition coefficient (Wildman–Crippen LogP) is 2.26. The second-order valence-electron chi connectivity index (χ2n) is 3.30. The van der Waals surface area contributed by atoms with Gasteiger partial charge in [-0.3, -0.25) is 4.79 Å². The first kappa shape index (κ1) is 12.3. The summed E-state index contributed by atoms with van der Waals surface area (Å²) in [6.45, 7) is 2.47. The third-order valence-corrected chi connectivity index (χ3v) is 2.82. The standard InChI is InChI=1S/C11H14INO2/c1-8-7-9(3-4-10(8)14)11(15)13-6-2-5-12/h3-4,7,14H,2,5-6H2,1H3,(H,13,15). The normalized spacial score (nSPS) is 10.0. The average molecular weight is 319 g/mol. The summed E-state index contributed by atoms with van der Waals surface area (Å²) in [7, 11) is 0. The lowest BCUT2D eigenvalue weighted by atomic mass is 10.1. The number of aromatic hydroxyl groups is 1. The van der Waals surface area contributed by atoms with Crippen LogP contribution in [0, 0.1) is 6.92 Å². The van der Waals surface area contributed by atoms with Gasteiger partial charge in [0.2, 0.25) is 0 Å². The first-order chi connectivity index (χ1) is 7.15. The summed E-state index contributed by atoms with van der Waals surface area (Å²) in [5.41, 5.74) is 1.32. The van der Waals surface area contributed by atoms with E-state index in [9.17, 15) is 9.90 Å². The molecule has 0 saturated heterocycles. The van der Waals surface area contributed by atoms with Crippen molar-refractivity contribution < 1.29 is 9.90 Å². The Bertz CT molecular complexity index is 352. The van der Waals surface area contributed by atoms with Gasteiger partial charge in [0.25, 0.3) is 5.91 Å². The van der Waals surface area contributed by atoms with Gasteiger partial charge in [0.05, 0.1) is 0 Å². The van der Waals surface area contributed by atoms with Crippen molar-refractivity contribution >= 4 is 28.5 Å². The lowest BCUT2D eigenvalue weighted by Gasteiger charge is -2.05. The Kier molecular flexibility index (Phi) is 4.87. The molecule has 1 aromatic carbocycles. The lowest BCUT2D eigenvalue weighted by molar-refractivity contribution is 0.0954. The van der Waals surface area contributed by atoms with E-state index in [1.165, 1.54) is 0 Å². The van der Waals surface area contributed by atoms with Crippen LogP contribution < -0.4 is 5.32 Å². The number of rotatable bonds is 4. The number of phenolic OH excluding ortho intramolecular Hbond substituents is 1. The summed E-state index contributed by atoms with van der Waals surface area (Å²) in [5.74, 6) is 0.141. The molecule has 0 radical (unpaired) electrons. The summed E-state index contributed by atoms with van der Waals surface area (Å²) >= 11 is 2.27. The first-order valence-corrected chi connectivity index (χ1v) is 6.31. The predicted molar refractivity (Wildman–Crippen MR) is 68.7 cm³/mol. The fourth-order valence-electron chi connectivity index (χ4n) is 1.17. The molecular formula is C11H14INO2. The van der Waals surface area contributed by atoms with E-state index < -0.39 is 0 Å². The largest absolute Gasteiger partial charge is 0.508 e. The Morgan fingerprint density at radius 3 is 2.87 bits per heavy atom. The zero-order valence-electron chi connectivity index (χ0n) is 8.59. The molecule has 0 unspecified atom stereocenters. The number of hydrogen-bond donors (Lipinski definition) is 2. The minimum absolute atomic E-state index is 0.0806. The van der Waals surface area contributed by atoms with Crippen molar-refractivity contribution in [3.63, 3.8) is 0 Å². The summed E-state index contributed by atoms with van der Waals surface area (Å²) in [4.78, 5) is 11.6. The first-order valence-electron chi connectivity index (χ1n) is 4.79. The third kappa shape index (κ3) is 3.70. The van der Waals surface area contributed by atoms with Gasteiger partial charge in [-0.25, -0.2) is 0 Å². The highest BCUT2D eigenvalue weighted by Gasteiger charge is 2.06. The number of aryl methyl sites for hydroxylation is 1. The van der Waals surface area contributed by atoms with Crippen molar-refractivity contribution in [2.45, 2.75) is 13.3 Å². The van der Waals surface area contributed by atoms with E-state index in [-0.39, 0.29) is 11.7 Å². The summed E-state index contributed by atoms with van der Waals surface area (Å²) in [5, 5.41) is 12.1. The maximum atomic E-state index is 11.6. The number of amides is 1. The number of nitrogens with one attached hydrogen (secondary N) is 1. The quantitative estimate of drug-likeness (QED) is 0.508. The number of phenols is 1. The molecule has 2 N–H and O–H groups in total. The molecule has 0 atom stereocenters. The molecule has 0 aliphatic heterocycles. The van der Waals surface area contributed by atoms with E-state index >= 15 is 0 Å². The van der Waals surface area contributed by atoms with Gasteiger partial charge in [-0.2, -0.15) is 0 Å². The molecular weight excluding hydrogens is 305 g/mol. The zero-order chi connectivity index (χ0) is 11.3. The van der Waals surface area contributed by atoms with Gasteiger partial charge in [-0.05, 0) is 37.1 Å². The third-order valence-electron chi connectivity index (χ3n) is 2.05. The molecule has 15 heavy (non-hydrogen) atoms. The van der Waals surface area contributed by atoms with Crippen LogP contribution in [0.2, 0.25) is 0 Å². The van der Waals surface area contributed by atoms with Gasteiger partial charge < -0.3 is 10.4 Å². The van der Waals surface area contributed by atoms with Crippen LogP contribution in [0.3, 0.4) is 0 Å². The van der Waals surface area contributed by atoms with Crippen LogP contribution in [0.4, 0.5) is 0 Å². The molecule has 82 valence electrons. The van der Waals surface area contributed by atoms with Gasteiger partial charge in [0, 0.05) is 16.5 Å². The number of alkyl halides is 1. The molecule has 1 aromatic rings. The minimum atomic E-state index is -0.0806. The Labute approximate surface area is 103 Å². The van der Waals surface area contributed by atoms with Crippen molar-refractivity contribution in [3.8, 4) is 5.75 Å². The number of carbonyl (C=O) groups is 1. The Morgan fingerprint density at radius 2 is 2.27 bits per heavy atom. The Hall–Kier alpha value is -0.780. The smallest absolute Gasteiger partial charge is 0.251 e. The number of hydrogen-bond acceptors (Lipinski definition) is 2.